The quantitative estimate of drug-likeness (QED) is 0.603. The smallest absolute Gasteiger partial charge is 0.0877 e. The van der Waals surface area contributed by atoms with Crippen LogP contribution in [-0.4, -0.2) is 22.9 Å². The summed E-state index contributed by atoms with van der Waals surface area (Å²) in [6.45, 7) is 1.95. The number of ether oxygens (including phenoxy) is 1. The highest BCUT2D eigenvalue weighted by Crippen LogP contribution is 2.38. The summed E-state index contributed by atoms with van der Waals surface area (Å²) in [5, 5.41) is 10.1. The van der Waals surface area contributed by atoms with E-state index in [0.717, 1.165) is 25.7 Å². The van der Waals surface area contributed by atoms with E-state index >= 15 is 0 Å². The molecule has 68 valence electrons. The number of fused-ring (bicyclic) bond motifs is 2. The summed E-state index contributed by atoms with van der Waals surface area (Å²) in [5.41, 5.74) is -0.571. The lowest BCUT2D eigenvalue weighted by atomic mass is 9.90. The average Bonchev–Trinajstić information content (AvgIpc) is 2.31. The Morgan fingerprint density at radius 1 is 1.33 bits per heavy atom. The normalized spacial score (nSPS) is 47.2. The van der Waals surface area contributed by atoms with Crippen molar-refractivity contribution in [2.75, 3.05) is 0 Å². The number of hydrogen-bond acceptors (Lipinski definition) is 2. The summed E-state index contributed by atoms with van der Waals surface area (Å²) in [4.78, 5) is 0. The SMILES string of the molecule is C/C=C\C1(O)CC2CCC(C1)O2. The second kappa shape index (κ2) is 2.86. The highest BCUT2D eigenvalue weighted by molar-refractivity contribution is 5.06. The Labute approximate surface area is 73.2 Å². The lowest BCUT2D eigenvalue weighted by Gasteiger charge is -2.34. The van der Waals surface area contributed by atoms with Crippen molar-refractivity contribution in [2.24, 2.45) is 0 Å². The molecule has 0 aromatic rings. The third-order valence-corrected chi connectivity index (χ3v) is 2.83. The predicted octanol–water partition coefficient (Wildman–Crippen LogP) is 1.64. The van der Waals surface area contributed by atoms with Crippen LogP contribution >= 0.6 is 0 Å². The van der Waals surface area contributed by atoms with Gasteiger partial charge in [-0.15, -0.1) is 0 Å². The minimum absolute atomic E-state index is 0.310. The van der Waals surface area contributed by atoms with Gasteiger partial charge in [-0.25, -0.2) is 0 Å². The fourth-order valence-corrected chi connectivity index (χ4v) is 2.40. The molecule has 2 rings (SSSR count). The van der Waals surface area contributed by atoms with Crippen LogP contribution in [0.1, 0.15) is 32.6 Å². The monoisotopic (exact) mass is 168 g/mol. The zero-order valence-corrected chi connectivity index (χ0v) is 7.49. The van der Waals surface area contributed by atoms with Crippen LogP contribution in [0.25, 0.3) is 0 Å². The molecule has 1 N–H and O–H groups in total. The van der Waals surface area contributed by atoms with Crippen molar-refractivity contribution in [1.29, 1.82) is 0 Å². The molecule has 0 saturated carbocycles. The second-order valence-corrected chi connectivity index (χ2v) is 3.97. The highest BCUT2D eigenvalue weighted by Gasteiger charge is 2.41. The summed E-state index contributed by atoms with van der Waals surface area (Å²) < 4.78 is 5.65. The van der Waals surface area contributed by atoms with E-state index in [1.807, 2.05) is 19.1 Å². The molecule has 0 aliphatic carbocycles. The van der Waals surface area contributed by atoms with Gasteiger partial charge in [0.15, 0.2) is 0 Å². The molecule has 12 heavy (non-hydrogen) atoms. The number of rotatable bonds is 1. The third-order valence-electron chi connectivity index (χ3n) is 2.83. The van der Waals surface area contributed by atoms with E-state index in [2.05, 4.69) is 0 Å². The van der Waals surface area contributed by atoms with Gasteiger partial charge >= 0.3 is 0 Å². The Morgan fingerprint density at radius 2 is 1.92 bits per heavy atom. The van der Waals surface area contributed by atoms with Crippen LogP contribution in [0.3, 0.4) is 0 Å². The van der Waals surface area contributed by atoms with E-state index in [9.17, 15) is 5.11 Å². The van der Waals surface area contributed by atoms with E-state index in [1.165, 1.54) is 0 Å². The summed E-state index contributed by atoms with van der Waals surface area (Å²) in [7, 11) is 0. The molecule has 2 unspecified atom stereocenters. The summed E-state index contributed by atoms with van der Waals surface area (Å²) in [6.07, 6.45) is 8.30. The minimum Gasteiger partial charge on any atom is -0.386 e. The molecule has 2 atom stereocenters. The Bertz CT molecular complexity index is 186. The molecular formula is C10H16O2. The van der Waals surface area contributed by atoms with E-state index < -0.39 is 5.60 Å². The molecule has 2 bridgehead atoms. The summed E-state index contributed by atoms with van der Waals surface area (Å²) >= 11 is 0. The number of aliphatic hydroxyl groups is 1. The van der Waals surface area contributed by atoms with Crippen molar-refractivity contribution in [2.45, 2.75) is 50.4 Å². The molecular weight excluding hydrogens is 152 g/mol. The van der Waals surface area contributed by atoms with Crippen LogP contribution in [0.5, 0.6) is 0 Å². The predicted molar refractivity (Wildman–Crippen MR) is 46.9 cm³/mol. The molecule has 0 aromatic heterocycles. The van der Waals surface area contributed by atoms with E-state index in [1.54, 1.807) is 0 Å². The maximum atomic E-state index is 10.1. The molecule has 2 aliphatic rings. The fraction of sp³-hybridized carbons (Fsp3) is 0.800. The van der Waals surface area contributed by atoms with Crippen LogP contribution in [-0.2, 0) is 4.74 Å². The Kier molecular flexibility index (Phi) is 1.97. The van der Waals surface area contributed by atoms with Crippen LogP contribution in [0.2, 0.25) is 0 Å². The van der Waals surface area contributed by atoms with E-state index in [-0.39, 0.29) is 0 Å². The van der Waals surface area contributed by atoms with Gasteiger partial charge in [-0.3, -0.25) is 0 Å². The Morgan fingerprint density at radius 3 is 2.42 bits per heavy atom. The Balaban J connectivity index is 2.10. The van der Waals surface area contributed by atoms with Crippen LogP contribution in [0.4, 0.5) is 0 Å². The van der Waals surface area contributed by atoms with Crippen molar-refractivity contribution in [3.05, 3.63) is 12.2 Å². The molecule has 0 spiro atoms. The van der Waals surface area contributed by atoms with Crippen molar-refractivity contribution in [3.63, 3.8) is 0 Å². The molecule has 0 amide bonds. The zero-order valence-electron chi connectivity index (χ0n) is 7.49. The summed E-state index contributed by atoms with van der Waals surface area (Å²) in [6, 6.07) is 0. The van der Waals surface area contributed by atoms with Gasteiger partial charge in [-0.2, -0.15) is 0 Å². The largest absolute Gasteiger partial charge is 0.386 e. The highest BCUT2D eigenvalue weighted by atomic mass is 16.5. The van der Waals surface area contributed by atoms with Crippen molar-refractivity contribution in [3.8, 4) is 0 Å². The van der Waals surface area contributed by atoms with Crippen molar-refractivity contribution >= 4 is 0 Å². The van der Waals surface area contributed by atoms with Gasteiger partial charge in [0.1, 0.15) is 0 Å². The third kappa shape index (κ3) is 1.41. The minimum atomic E-state index is -0.571. The molecule has 0 radical (unpaired) electrons. The first-order valence-corrected chi connectivity index (χ1v) is 4.73. The van der Waals surface area contributed by atoms with Crippen molar-refractivity contribution < 1.29 is 9.84 Å². The summed E-state index contributed by atoms with van der Waals surface area (Å²) in [5.74, 6) is 0. The number of hydrogen-bond donors (Lipinski definition) is 1. The van der Waals surface area contributed by atoms with Crippen LogP contribution in [0.15, 0.2) is 12.2 Å². The average molecular weight is 168 g/mol. The molecule has 0 aromatic carbocycles. The molecule has 2 fully saturated rings. The molecule has 2 saturated heterocycles. The molecule has 2 heterocycles. The Hall–Kier alpha value is -0.340. The van der Waals surface area contributed by atoms with Crippen molar-refractivity contribution in [1.82, 2.24) is 0 Å². The van der Waals surface area contributed by atoms with Gasteiger partial charge in [0, 0.05) is 12.8 Å². The first-order chi connectivity index (χ1) is 5.72. The second-order valence-electron chi connectivity index (χ2n) is 3.97. The van der Waals surface area contributed by atoms with Gasteiger partial charge in [0.25, 0.3) is 0 Å². The lowest BCUT2D eigenvalue weighted by molar-refractivity contribution is -0.0868. The van der Waals surface area contributed by atoms with Gasteiger partial charge in [0.2, 0.25) is 0 Å². The number of allylic oxidation sites excluding steroid dienone is 1. The maximum Gasteiger partial charge on any atom is 0.0877 e. The first-order valence-electron chi connectivity index (χ1n) is 4.73. The maximum absolute atomic E-state index is 10.1. The lowest BCUT2D eigenvalue weighted by Crippen LogP contribution is -2.39. The topological polar surface area (TPSA) is 29.5 Å². The van der Waals surface area contributed by atoms with Crippen LogP contribution in [0, 0.1) is 0 Å². The zero-order chi connectivity index (χ0) is 8.60. The van der Waals surface area contributed by atoms with Gasteiger partial charge in [-0.1, -0.05) is 12.2 Å². The molecule has 2 aliphatic heterocycles. The van der Waals surface area contributed by atoms with Gasteiger partial charge < -0.3 is 9.84 Å². The van der Waals surface area contributed by atoms with E-state index in [4.69, 9.17) is 4.74 Å². The standard InChI is InChI=1S/C10H16O2/c1-2-5-10(11)6-8-3-4-9(7-10)12-8/h2,5,8-9,11H,3-4,6-7H2,1H3/b5-2-. The van der Waals surface area contributed by atoms with Gasteiger partial charge in [-0.05, 0) is 19.8 Å². The van der Waals surface area contributed by atoms with Crippen LogP contribution < -0.4 is 0 Å². The van der Waals surface area contributed by atoms with E-state index in [0.29, 0.717) is 12.2 Å². The fourth-order valence-electron chi connectivity index (χ4n) is 2.40. The first kappa shape index (κ1) is 8.27. The van der Waals surface area contributed by atoms with Gasteiger partial charge in [0.05, 0.1) is 17.8 Å². The molecule has 2 nitrogen and oxygen atoms in total. The molecule has 2 heteroatoms.